The van der Waals surface area contributed by atoms with E-state index in [4.69, 9.17) is 14.2 Å². The number of ether oxygens (including phenoxy) is 3. The zero-order valence-electron chi connectivity index (χ0n) is 10.9. The Morgan fingerprint density at radius 2 is 1.67 bits per heavy atom. The predicted molar refractivity (Wildman–Crippen MR) is 66.4 cm³/mol. The van der Waals surface area contributed by atoms with Crippen molar-refractivity contribution in [1.29, 1.82) is 0 Å². The maximum atomic E-state index is 5.39. The number of rotatable bonds is 12. The van der Waals surface area contributed by atoms with Gasteiger partial charge in [0.1, 0.15) is 0 Å². The molecular weight excluding hydrogens is 236 g/mol. The fourth-order valence-corrected chi connectivity index (χ4v) is 1.23. The number of hydrogen-bond donors (Lipinski definition) is 1. The Labute approximate surface area is 107 Å². The van der Waals surface area contributed by atoms with Crippen LogP contribution in [0.5, 0.6) is 0 Å². The zero-order chi connectivity index (χ0) is 12.9. The van der Waals surface area contributed by atoms with Gasteiger partial charge in [0.2, 0.25) is 0 Å². The molecule has 0 atom stereocenters. The second-order valence-corrected chi connectivity index (χ2v) is 3.61. The zero-order valence-corrected chi connectivity index (χ0v) is 10.9. The minimum absolute atomic E-state index is 0.589. The van der Waals surface area contributed by atoms with Gasteiger partial charge in [0.25, 0.3) is 0 Å². The van der Waals surface area contributed by atoms with Crippen molar-refractivity contribution in [2.75, 3.05) is 53.2 Å². The summed E-state index contributed by atoms with van der Waals surface area (Å²) in [4.78, 5) is 0. The number of hydrogen-bond acceptors (Lipinski definition) is 6. The first-order chi connectivity index (χ1) is 8.93. The average molecular weight is 258 g/mol. The monoisotopic (exact) mass is 258 g/mol. The van der Waals surface area contributed by atoms with Gasteiger partial charge in [-0.05, 0) is 7.05 Å². The normalized spacial score (nSPS) is 10.9. The molecule has 1 N–H and O–H groups in total. The Morgan fingerprint density at radius 1 is 1.00 bits per heavy atom. The maximum Gasteiger partial charge on any atom is 0.0701 e. The van der Waals surface area contributed by atoms with E-state index in [9.17, 15) is 0 Å². The van der Waals surface area contributed by atoms with Gasteiger partial charge in [-0.2, -0.15) is 0 Å². The van der Waals surface area contributed by atoms with E-state index in [0.29, 0.717) is 46.2 Å². The molecule has 0 fully saturated rings. The summed E-state index contributed by atoms with van der Waals surface area (Å²) in [5.41, 5.74) is 0. The summed E-state index contributed by atoms with van der Waals surface area (Å²) < 4.78 is 17.8. The molecule has 0 radical (unpaired) electrons. The molecule has 0 aliphatic heterocycles. The van der Waals surface area contributed by atoms with Gasteiger partial charge in [-0.1, -0.05) is 5.21 Å². The first-order valence-electron chi connectivity index (χ1n) is 6.15. The summed E-state index contributed by atoms with van der Waals surface area (Å²) in [6.45, 7) is 5.33. The lowest BCUT2D eigenvalue weighted by Gasteiger charge is -2.06. The summed E-state index contributed by atoms with van der Waals surface area (Å²) >= 11 is 0. The van der Waals surface area contributed by atoms with Crippen molar-refractivity contribution in [3.63, 3.8) is 0 Å². The average Bonchev–Trinajstić information content (AvgIpc) is 2.89. The third kappa shape index (κ3) is 8.13. The molecule has 0 bridgehead atoms. The predicted octanol–water partition coefficient (Wildman–Crippen LogP) is -0.453. The molecule has 0 aliphatic carbocycles. The van der Waals surface area contributed by atoms with Crippen LogP contribution in [0.2, 0.25) is 0 Å². The van der Waals surface area contributed by atoms with E-state index >= 15 is 0 Å². The van der Waals surface area contributed by atoms with Gasteiger partial charge in [0, 0.05) is 12.7 Å². The van der Waals surface area contributed by atoms with Gasteiger partial charge in [-0.3, -0.25) is 4.68 Å². The van der Waals surface area contributed by atoms with E-state index in [1.807, 2.05) is 13.2 Å². The van der Waals surface area contributed by atoms with Crippen molar-refractivity contribution in [2.24, 2.45) is 0 Å². The molecule has 1 rings (SSSR count). The highest BCUT2D eigenvalue weighted by atomic mass is 16.5. The maximum absolute atomic E-state index is 5.39. The summed E-state index contributed by atoms with van der Waals surface area (Å²) in [5, 5.41) is 10.5. The van der Waals surface area contributed by atoms with Gasteiger partial charge in [0.15, 0.2) is 0 Å². The van der Waals surface area contributed by atoms with Crippen molar-refractivity contribution in [2.45, 2.75) is 6.54 Å². The molecule has 0 unspecified atom stereocenters. The Hall–Kier alpha value is -1.02. The molecule has 0 aromatic carbocycles. The van der Waals surface area contributed by atoms with E-state index < -0.39 is 0 Å². The van der Waals surface area contributed by atoms with E-state index in [1.54, 1.807) is 10.9 Å². The molecule has 7 heteroatoms. The van der Waals surface area contributed by atoms with Crippen LogP contribution in [0, 0.1) is 0 Å². The van der Waals surface area contributed by atoms with Gasteiger partial charge in [-0.15, -0.1) is 5.10 Å². The molecule has 1 aromatic rings. The van der Waals surface area contributed by atoms with Crippen LogP contribution >= 0.6 is 0 Å². The molecule has 0 saturated carbocycles. The Bertz CT molecular complexity index is 269. The first kappa shape index (κ1) is 15.0. The number of likely N-dealkylation sites (N-methyl/N-ethyl adjacent to an activating group) is 1. The molecule has 0 aliphatic rings. The fraction of sp³-hybridized carbons (Fsp3) is 0.818. The van der Waals surface area contributed by atoms with Gasteiger partial charge in [0.05, 0.1) is 52.4 Å². The molecule has 0 saturated heterocycles. The Kier molecular flexibility index (Phi) is 9.27. The van der Waals surface area contributed by atoms with Crippen LogP contribution in [0.4, 0.5) is 0 Å². The number of nitrogens with zero attached hydrogens (tertiary/aromatic N) is 3. The minimum Gasteiger partial charge on any atom is -0.378 e. The highest BCUT2D eigenvalue weighted by Gasteiger charge is 1.93. The molecule has 18 heavy (non-hydrogen) atoms. The quantitative estimate of drug-likeness (QED) is 0.512. The highest BCUT2D eigenvalue weighted by molar-refractivity contribution is 4.63. The Morgan fingerprint density at radius 3 is 2.28 bits per heavy atom. The number of aromatic nitrogens is 3. The fourth-order valence-electron chi connectivity index (χ4n) is 1.23. The lowest BCUT2D eigenvalue weighted by atomic mass is 10.6. The van der Waals surface area contributed by atoms with Crippen molar-refractivity contribution < 1.29 is 14.2 Å². The van der Waals surface area contributed by atoms with Crippen LogP contribution in [0.1, 0.15) is 0 Å². The van der Waals surface area contributed by atoms with E-state index in [0.717, 1.165) is 6.54 Å². The van der Waals surface area contributed by atoms with Gasteiger partial charge in [-0.25, -0.2) is 0 Å². The topological polar surface area (TPSA) is 70.4 Å². The number of nitrogens with one attached hydrogen (secondary N) is 1. The minimum atomic E-state index is 0.589. The lowest BCUT2D eigenvalue weighted by molar-refractivity contribution is 0.0134. The van der Waals surface area contributed by atoms with Crippen LogP contribution in [0.3, 0.4) is 0 Å². The van der Waals surface area contributed by atoms with Crippen molar-refractivity contribution in [1.82, 2.24) is 20.3 Å². The van der Waals surface area contributed by atoms with E-state index in [2.05, 4.69) is 15.6 Å². The van der Waals surface area contributed by atoms with E-state index in [1.165, 1.54) is 0 Å². The molecule has 0 spiro atoms. The molecular formula is C11H22N4O3. The second-order valence-electron chi connectivity index (χ2n) is 3.61. The molecule has 1 heterocycles. The third-order valence-corrected chi connectivity index (χ3v) is 2.18. The standard InChI is InChI=1S/C11H22N4O3/c1-12-3-6-16-8-10-18-11-9-17-7-5-15-4-2-13-14-15/h2,4,12H,3,5-11H2,1H3. The molecule has 7 nitrogen and oxygen atoms in total. The molecule has 0 amide bonds. The second kappa shape index (κ2) is 11.1. The van der Waals surface area contributed by atoms with Gasteiger partial charge >= 0.3 is 0 Å². The summed E-state index contributed by atoms with van der Waals surface area (Å²) in [5.74, 6) is 0. The van der Waals surface area contributed by atoms with Crippen molar-refractivity contribution in [3.8, 4) is 0 Å². The molecule has 104 valence electrons. The van der Waals surface area contributed by atoms with E-state index in [-0.39, 0.29) is 0 Å². The molecule has 1 aromatic heterocycles. The largest absolute Gasteiger partial charge is 0.378 e. The lowest BCUT2D eigenvalue weighted by Crippen LogP contribution is -2.17. The Balaban J connectivity index is 1.73. The summed E-state index contributed by atoms with van der Waals surface area (Å²) in [7, 11) is 1.90. The van der Waals surface area contributed by atoms with Crippen LogP contribution in [0.25, 0.3) is 0 Å². The highest BCUT2D eigenvalue weighted by Crippen LogP contribution is 1.84. The van der Waals surface area contributed by atoms with Crippen molar-refractivity contribution in [3.05, 3.63) is 12.4 Å². The SMILES string of the molecule is CNCCOCCOCCOCCn1ccnn1. The third-order valence-electron chi connectivity index (χ3n) is 2.18. The van der Waals surface area contributed by atoms with Crippen LogP contribution in [0.15, 0.2) is 12.4 Å². The van der Waals surface area contributed by atoms with Crippen LogP contribution in [-0.4, -0.2) is 68.2 Å². The van der Waals surface area contributed by atoms with Crippen LogP contribution in [-0.2, 0) is 20.8 Å². The van der Waals surface area contributed by atoms with Gasteiger partial charge < -0.3 is 19.5 Å². The van der Waals surface area contributed by atoms with Crippen LogP contribution < -0.4 is 5.32 Å². The summed E-state index contributed by atoms with van der Waals surface area (Å²) in [6.07, 6.45) is 3.46. The first-order valence-corrected chi connectivity index (χ1v) is 6.15. The van der Waals surface area contributed by atoms with Crippen molar-refractivity contribution >= 4 is 0 Å². The summed E-state index contributed by atoms with van der Waals surface area (Å²) in [6, 6.07) is 0. The smallest absolute Gasteiger partial charge is 0.0701 e.